The number of piperidine rings is 2. The molecule has 29 heavy (non-hydrogen) atoms. The van der Waals surface area contributed by atoms with Crippen molar-refractivity contribution in [1.29, 1.82) is 0 Å². The number of pyridine rings is 1. The molecule has 0 saturated carbocycles. The van der Waals surface area contributed by atoms with Gasteiger partial charge in [-0.25, -0.2) is 12.7 Å². The molecule has 1 amide bonds. The van der Waals surface area contributed by atoms with Crippen molar-refractivity contribution in [2.75, 3.05) is 31.9 Å². The molecule has 0 spiro atoms. The number of aromatic nitrogens is 1. The molecular weight excluding hydrogens is 388 g/mol. The van der Waals surface area contributed by atoms with Crippen molar-refractivity contribution in [3.05, 3.63) is 30.1 Å². The van der Waals surface area contributed by atoms with Gasteiger partial charge >= 0.3 is 0 Å². The number of sulfonamides is 1. The largest absolute Gasteiger partial charge is 0.353 e. The van der Waals surface area contributed by atoms with E-state index >= 15 is 0 Å². The van der Waals surface area contributed by atoms with E-state index in [0.717, 1.165) is 38.9 Å². The van der Waals surface area contributed by atoms with Crippen LogP contribution < -0.4 is 5.32 Å². The number of nitrogens with zero attached hydrogens (tertiary/aromatic N) is 3. The summed E-state index contributed by atoms with van der Waals surface area (Å²) in [4.78, 5) is 19.1. The number of hydrogen-bond acceptors (Lipinski definition) is 5. The SMILES string of the molecule is CCCCS(=O)(=O)N1CCC(C(=O)NC2CCN(Cc3ccncc3)CC2)CC1. The third-order valence-electron chi connectivity index (χ3n) is 6.06. The minimum Gasteiger partial charge on any atom is -0.353 e. The second kappa shape index (κ2) is 10.5. The van der Waals surface area contributed by atoms with Crippen molar-refractivity contribution in [1.82, 2.24) is 19.5 Å². The highest BCUT2D eigenvalue weighted by Gasteiger charge is 2.32. The quantitative estimate of drug-likeness (QED) is 0.693. The summed E-state index contributed by atoms with van der Waals surface area (Å²) in [5, 5.41) is 3.22. The van der Waals surface area contributed by atoms with Crippen molar-refractivity contribution in [3.8, 4) is 0 Å². The molecule has 2 aliphatic heterocycles. The van der Waals surface area contributed by atoms with Crippen LogP contribution in [0.3, 0.4) is 0 Å². The van der Waals surface area contributed by atoms with Crippen LogP contribution in [0.4, 0.5) is 0 Å². The van der Waals surface area contributed by atoms with Crippen molar-refractivity contribution in [2.45, 2.75) is 58.0 Å². The van der Waals surface area contributed by atoms with E-state index in [0.29, 0.717) is 32.4 Å². The van der Waals surface area contributed by atoms with Crippen LogP contribution >= 0.6 is 0 Å². The standard InChI is InChI=1S/C21H34N4O3S/c1-2-3-16-29(27,28)25-14-6-19(7-15-25)21(26)23-20-8-12-24(13-9-20)17-18-4-10-22-11-5-18/h4-5,10-11,19-20H,2-3,6-9,12-17H2,1H3,(H,23,26). The Bertz CT molecular complexity index is 740. The lowest BCUT2D eigenvalue weighted by molar-refractivity contribution is -0.127. The lowest BCUT2D eigenvalue weighted by Gasteiger charge is -2.34. The van der Waals surface area contributed by atoms with Crippen molar-refractivity contribution >= 4 is 15.9 Å². The van der Waals surface area contributed by atoms with E-state index < -0.39 is 10.0 Å². The molecule has 3 rings (SSSR count). The summed E-state index contributed by atoms with van der Waals surface area (Å²) in [6.07, 6.45) is 8.38. The second-order valence-electron chi connectivity index (χ2n) is 8.26. The molecule has 2 aliphatic rings. The molecule has 0 radical (unpaired) electrons. The highest BCUT2D eigenvalue weighted by molar-refractivity contribution is 7.89. The van der Waals surface area contributed by atoms with Gasteiger partial charge < -0.3 is 5.32 Å². The van der Waals surface area contributed by atoms with Crippen molar-refractivity contribution < 1.29 is 13.2 Å². The fourth-order valence-electron chi connectivity index (χ4n) is 4.15. The van der Waals surface area contributed by atoms with Gasteiger partial charge in [0.25, 0.3) is 0 Å². The van der Waals surface area contributed by atoms with Crippen LogP contribution in [0.25, 0.3) is 0 Å². The first-order valence-corrected chi connectivity index (χ1v) is 12.5. The van der Waals surface area contributed by atoms with E-state index in [1.807, 2.05) is 31.5 Å². The predicted molar refractivity (Wildman–Crippen MR) is 114 cm³/mol. The second-order valence-corrected chi connectivity index (χ2v) is 10.3. The Morgan fingerprint density at radius 2 is 1.76 bits per heavy atom. The maximum Gasteiger partial charge on any atom is 0.223 e. The van der Waals surface area contributed by atoms with E-state index in [9.17, 15) is 13.2 Å². The average Bonchev–Trinajstić information content (AvgIpc) is 2.74. The van der Waals surface area contributed by atoms with E-state index in [-0.39, 0.29) is 23.6 Å². The van der Waals surface area contributed by atoms with Crippen LogP contribution in [-0.2, 0) is 21.4 Å². The molecule has 0 bridgehead atoms. The van der Waals surface area contributed by atoms with Gasteiger partial charge in [0, 0.05) is 57.1 Å². The summed E-state index contributed by atoms with van der Waals surface area (Å²) >= 11 is 0. The highest BCUT2D eigenvalue weighted by atomic mass is 32.2. The molecule has 1 aromatic rings. The monoisotopic (exact) mass is 422 g/mol. The molecule has 3 heterocycles. The molecule has 0 aromatic carbocycles. The van der Waals surface area contributed by atoms with Crippen LogP contribution in [0.15, 0.2) is 24.5 Å². The number of likely N-dealkylation sites (tertiary alicyclic amines) is 1. The molecule has 1 aromatic heterocycles. The van der Waals surface area contributed by atoms with E-state index in [2.05, 4.69) is 15.2 Å². The van der Waals surface area contributed by atoms with Gasteiger partial charge in [-0.1, -0.05) is 13.3 Å². The summed E-state index contributed by atoms with van der Waals surface area (Å²) in [6, 6.07) is 4.31. The third-order valence-corrected chi connectivity index (χ3v) is 8.02. The molecule has 7 nitrogen and oxygen atoms in total. The number of rotatable bonds is 8. The first kappa shape index (κ1) is 22.2. The number of carbonyl (C=O) groups excluding carboxylic acids is 1. The van der Waals surface area contributed by atoms with E-state index in [4.69, 9.17) is 0 Å². The molecule has 2 saturated heterocycles. The first-order chi connectivity index (χ1) is 14.0. The third kappa shape index (κ3) is 6.49. The Hall–Kier alpha value is -1.51. The lowest BCUT2D eigenvalue weighted by Crippen LogP contribution is -2.48. The van der Waals surface area contributed by atoms with Crippen LogP contribution in [0.1, 0.15) is 51.0 Å². The first-order valence-electron chi connectivity index (χ1n) is 10.9. The van der Waals surface area contributed by atoms with Crippen LogP contribution in [0.2, 0.25) is 0 Å². The number of unbranched alkanes of at least 4 members (excludes halogenated alkanes) is 1. The number of carbonyl (C=O) groups is 1. The Morgan fingerprint density at radius 1 is 1.10 bits per heavy atom. The number of hydrogen-bond donors (Lipinski definition) is 1. The molecule has 1 N–H and O–H groups in total. The van der Waals surface area contributed by atoms with Gasteiger partial charge in [-0.2, -0.15) is 0 Å². The van der Waals surface area contributed by atoms with E-state index in [1.165, 1.54) is 5.56 Å². The fraction of sp³-hybridized carbons (Fsp3) is 0.714. The van der Waals surface area contributed by atoms with Gasteiger partial charge in [0.15, 0.2) is 0 Å². The van der Waals surface area contributed by atoms with Gasteiger partial charge in [-0.05, 0) is 49.8 Å². The zero-order valence-electron chi connectivity index (χ0n) is 17.4. The fourth-order valence-corrected chi connectivity index (χ4v) is 5.83. The Morgan fingerprint density at radius 3 is 2.38 bits per heavy atom. The van der Waals surface area contributed by atoms with Gasteiger partial charge in [0.2, 0.25) is 15.9 Å². The van der Waals surface area contributed by atoms with E-state index in [1.54, 1.807) is 4.31 Å². The molecular formula is C21H34N4O3S. The van der Waals surface area contributed by atoms with Crippen LogP contribution in [-0.4, -0.2) is 66.5 Å². The average molecular weight is 423 g/mol. The summed E-state index contributed by atoms with van der Waals surface area (Å²) in [5.41, 5.74) is 1.27. The van der Waals surface area contributed by atoms with Crippen LogP contribution in [0.5, 0.6) is 0 Å². The predicted octanol–water partition coefficient (Wildman–Crippen LogP) is 2.00. The van der Waals surface area contributed by atoms with Crippen molar-refractivity contribution in [2.24, 2.45) is 5.92 Å². The summed E-state index contributed by atoms with van der Waals surface area (Å²) < 4.78 is 26.2. The molecule has 0 unspecified atom stereocenters. The van der Waals surface area contributed by atoms with Gasteiger partial charge in [-0.15, -0.1) is 0 Å². The van der Waals surface area contributed by atoms with Crippen LogP contribution in [0, 0.1) is 5.92 Å². The minimum absolute atomic E-state index is 0.0672. The number of amides is 1. The van der Waals surface area contributed by atoms with Gasteiger partial charge in [0.05, 0.1) is 5.75 Å². The summed E-state index contributed by atoms with van der Waals surface area (Å²) in [5.74, 6) is 0.254. The van der Waals surface area contributed by atoms with Gasteiger partial charge in [0.1, 0.15) is 0 Å². The Labute approximate surface area is 174 Å². The zero-order chi connectivity index (χ0) is 20.7. The Balaban J connectivity index is 1.38. The molecule has 0 atom stereocenters. The summed E-state index contributed by atoms with van der Waals surface area (Å²) in [6.45, 7) is 5.80. The minimum atomic E-state index is -3.16. The molecule has 162 valence electrons. The molecule has 0 aliphatic carbocycles. The smallest absolute Gasteiger partial charge is 0.223 e. The Kier molecular flexibility index (Phi) is 8.03. The topological polar surface area (TPSA) is 82.6 Å². The maximum absolute atomic E-state index is 12.7. The van der Waals surface area contributed by atoms with Crippen molar-refractivity contribution in [3.63, 3.8) is 0 Å². The zero-order valence-corrected chi connectivity index (χ0v) is 18.2. The molecule has 8 heteroatoms. The lowest BCUT2D eigenvalue weighted by atomic mass is 9.95. The summed E-state index contributed by atoms with van der Waals surface area (Å²) in [7, 11) is -3.16. The number of nitrogens with one attached hydrogen (secondary N) is 1. The van der Waals surface area contributed by atoms with Gasteiger partial charge in [-0.3, -0.25) is 14.7 Å². The highest BCUT2D eigenvalue weighted by Crippen LogP contribution is 2.22. The normalized spacial score (nSPS) is 20.6. The molecule has 2 fully saturated rings. The maximum atomic E-state index is 12.7.